The molecule has 3 aliphatic heterocycles. The zero-order valence-electron chi connectivity index (χ0n) is 21.7. The summed E-state index contributed by atoms with van der Waals surface area (Å²) in [6.45, 7) is 5.13. The average molecular weight is 534 g/mol. The second-order valence-electron chi connectivity index (χ2n) is 10.6. The highest BCUT2D eigenvalue weighted by atomic mass is 19.1. The molecule has 7 rings (SSSR count). The van der Waals surface area contributed by atoms with E-state index in [1.165, 1.54) is 18.2 Å². The van der Waals surface area contributed by atoms with Crippen LogP contribution in [0.4, 0.5) is 14.6 Å². The standard InChI is InChI=1S/C29H29F2N5O3/c1-2-18-20(30)6-5-16-13-17(37)14-19(21(16)18)24-23(31)25-22-26(32-9-12-38-27(22)33-24)35-28(34-25)39-15-29-7-3-10-36(29)11-4-8-29/h5-6,13-14,37H,2-4,7-12,15H2,1H3,(H,32,34,35). The molecule has 2 aromatic carbocycles. The number of hydrogen-bond donors (Lipinski definition) is 2. The Kier molecular flexibility index (Phi) is 5.69. The summed E-state index contributed by atoms with van der Waals surface area (Å²) in [6.07, 6.45) is 4.78. The van der Waals surface area contributed by atoms with Gasteiger partial charge in [0.25, 0.3) is 0 Å². The lowest BCUT2D eigenvalue weighted by atomic mass is 9.94. The molecule has 202 valence electrons. The number of nitrogens with zero attached hydrogens (tertiary/aromatic N) is 4. The summed E-state index contributed by atoms with van der Waals surface area (Å²) in [4.78, 5) is 16.1. The number of fused-ring (bicyclic) bond motifs is 2. The molecule has 4 aromatic rings. The van der Waals surface area contributed by atoms with Crippen LogP contribution in [0.25, 0.3) is 32.9 Å². The van der Waals surface area contributed by atoms with E-state index < -0.39 is 11.6 Å². The fourth-order valence-electron chi connectivity index (χ4n) is 6.60. The summed E-state index contributed by atoms with van der Waals surface area (Å²) >= 11 is 0. The minimum atomic E-state index is -0.714. The largest absolute Gasteiger partial charge is 0.508 e. The third kappa shape index (κ3) is 3.83. The van der Waals surface area contributed by atoms with E-state index in [0.29, 0.717) is 47.1 Å². The zero-order valence-corrected chi connectivity index (χ0v) is 21.7. The summed E-state index contributed by atoms with van der Waals surface area (Å²) in [7, 11) is 0. The number of aromatic nitrogens is 3. The highest BCUT2D eigenvalue weighted by Gasteiger charge is 2.45. The number of pyridine rings is 1. The Morgan fingerprint density at radius 2 is 1.92 bits per heavy atom. The molecular formula is C29H29F2N5O3. The third-order valence-corrected chi connectivity index (χ3v) is 8.41. The van der Waals surface area contributed by atoms with Gasteiger partial charge in [-0.2, -0.15) is 9.97 Å². The molecule has 10 heteroatoms. The van der Waals surface area contributed by atoms with Gasteiger partial charge in [-0.1, -0.05) is 13.0 Å². The van der Waals surface area contributed by atoms with Crippen LogP contribution in [0.3, 0.4) is 0 Å². The number of aryl methyl sites for hydroxylation is 1. The van der Waals surface area contributed by atoms with E-state index >= 15 is 4.39 Å². The van der Waals surface area contributed by atoms with Crippen molar-refractivity contribution >= 4 is 27.5 Å². The average Bonchev–Trinajstić information content (AvgIpc) is 3.44. The van der Waals surface area contributed by atoms with Gasteiger partial charge in [-0.3, -0.25) is 4.90 Å². The van der Waals surface area contributed by atoms with E-state index in [1.807, 2.05) is 6.92 Å². The van der Waals surface area contributed by atoms with Gasteiger partial charge in [-0.25, -0.2) is 13.8 Å². The van der Waals surface area contributed by atoms with E-state index in [0.717, 1.165) is 38.8 Å². The van der Waals surface area contributed by atoms with Crippen LogP contribution in [0.1, 0.15) is 38.2 Å². The SMILES string of the molecule is CCc1c(F)ccc2cc(O)cc(-c3nc4c5c(nc(OCC67CCCN6CCC7)nc5c3F)NCCO4)c12. The first-order valence-corrected chi connectivity index (χ1v) is 13.6. The van der Waals surface area contributed by atoms with Crippen molar-refractivity contribution in [3.05, 3.63) is 41.5 Å². The van der Waals surface area contributed by atoms with Crippen LogP contribution in [0.2, 0.25) is 0 Å². The van der Waals surface area contributed by atoms with Gasteiger partial charge < -0.3 is 19.9 Å². The number of anilines is 1. The lowest BCUT2D eigenvalue weighted by Gasteiger charge is -2.31. The predicted octanol–water partition coefficient (Wildman–Crippen LogP) is 5.20. The van der Waals surface area contributed by atoms with E-state index in [-0.39, 0.29) is 46.6 Å². The smallest absolute Gasteiger partial charge is 0.319 e. The van der Waals surface area contributed by atoms with Crippen LogP contribution in [0, 0.1) is 11.6 Å². The van der Waals surface area contributed by atoms with Gasteiger partial charge in [0, 0.05) is 5.56 Å². The maximum Gasteiger partial charge on any atom is 0.319 e. The highest BCUT2D eigenvalue weighted by Crippen LogP contribution is 2.43. The molecule has 2 N–H and O–H groups in total. The van der Waals surface area contributed by atoms with Crippen molar-refractivity contribution in [2.24, 2.45) is 0 Å². The molecule has 0 spiro atoms. The Morgan fingerprint density at radius 3 is 2.72 bits per heavy atom. The molecule has 0 saturated carbocycles. The molecule has 8 nitrogen and oxygen atoms in total. The van der Waals surface area contributed by atoms with Gasteiger partial charge in [-0.05, 0) is 79.7 Å². The minimum Gasteiger partial charge on any atom is -0.508 e. The molecular weight excluding hydrogens is 504 g/mol. The summed E-state index contributed by atoms with van der Waals surface area (Å²) in [6, 6.07) is 5.96. The minimum absolute atomic E-state index is 0.00236. The van der Waals surface area contributed by atoms with Gasteiger partial charge in [0.15, 0.2) is 5.82 Å². The number of aromatic hydroxyl groups is 1. The van der Waals surface area contributed by atoms with Crippen LogP contribution in [-0.4, -0.2) is 63.3 Å². The number of benzene rings is 2. The molecule has 0 amide bonds. The van der Waals surface area contributed by atoms with Crippen molar-refractivity contribution in [3.63, 3.8) is 0 Å². The molecule has 0 radical (unpaired) electrons. The number of rotatable bonds is 5. The predicted molar refractivity (Wildman–Crippen MR) is 143 cm³/mol. The summed E-state index contributed by atoms with van der Waals surface area (Å²) in [5.74, 6) is -0.618. The Labute approximate surface area is 224 Å². The number of hydrogen-bond acceptors (Lipinski definition) is 8. The van der Waals surface area contributed by atoms with Gasteiger partial charge in [-0.15, -0.1) is 0 Å². The Morgan fingerprint density at radius 1 is 1.10 bits per heavy atom. The molecule has 0 aliphatic carbocycles. The van der Waals surface area contributed by atoms with E-state index in [9.17, 15) is 9.50 Å². The van der Waals surface area contributed by atoms with Crippen LogP contribution in [-0.2, 0) is 6.42 Å². The number of halogens is 2. The van der Waals surface area contributed by atoms with E-state index in [4.69, 9.17) is 9.47 Å². The van der Waals surface area contributed by atoms with Crippen LogP contribution in [0.5, 0.6) is 17.6 Å². The van der Waals surface area contributed by atoms with Crippen LogP contribution in [0.15, 0.2) is 24.3 Å². The van der Waals surface area contributed by atoms with Crippen molar-refractivity contribution in [1.82, 2.24) is 19.9 Å². The van der Waals surface area contributed by atoms with E-state index in [2.05, 4.69) is 25.2 Å². The fourth-order valence-corrected chi connectivity index (χ4v) is 6.60. The van der Waals surface area contributed by atoms with Crippen molar-refractivity contribution in [2.75, 3.05) is 38.2 Å². The van der Waals surface area contributed by atoms with E-state index in [1.54, 1.807) is 6.07 Å². The lowest BCUT2D eigenvalue weighted by Crippen LogP contribution is -2.43. The fraction of sp³-hybridized carbons (Fsp3) is 0.414. The molecule has 2 fully saturated rings. The summed E-state index contributed by atoms with van der Waals surface area (Å²) < 4.78 is 43.4. The van der Waals surface area contributed by atoms with Crippen molar-refractivity contribution in [3.8, 4) is 28.9 Å². The van der Waals surface area contributed by atoms with Crippen molar-refractivity contribution in [2.45, 2.75) is 44.6 Å². The Bertz CT molecular complexity index is 1620. The Hall–Kier alpha value is -3.79. The molecule has 3 aliphatic rings. The molecule has 0 unspecified atom stereocenters. The molecule has 2 aromatic heterocycles. The number of nitrogens with one attached hydrogen (secondary N) is 1. The molecule has 39 heavy (non-hydrogen) atoms. The second-order valence-corrected chi connectivity index (χ2v) is 10.6. The number of ether oxygens (including phenoxy) is 2. The first kappa shape index (κ1) is 24.3. The lowest BCUT2D eigenvalue weighted by molar-refractivity contribution is 0.108. The summed E-state index contributed by atoms with van der Waals surface area (Å²) in [5, 5.41) is 15.1. The van der Waals surface area contributed by atoms with Crippen LogP contribution >= 0.6 is 0 Å². The molecule has 5 heterocycles. The maximum atomic E-state index is 16.5. The number of phenols is 1. The van der Waals surface area contributed by atoms with Crippen LogP contribution < -0.4 is 14.8 Å². The highest BCUT2D eigenvalue weighted by molar-refractivity contribution is 6.03. The maximum absolute atomic E-state index is 16.5. The zero-order chi connectivity index (χ0) is 26.7. The van der Waals surface area contributed by atoms with Gasteiger partial charge >= 0.3 is 6.01 Å². The monoisotopic (exact) mass is 533 g/mol. The first-order chi connectivity index (χ1) is 19.0. The summed E-state index contributed by atoms with van der Waals surface area (Å²) in [5.41, 5.74) is 0.598. The molecule has 0 bridgehead atoms. The van der Waals surface area contributed by atoms with Crippen molar-refractivity contribution < 1.29 is 23.4 Å². The molecule has 2 saturated heterocycles. The first-order valence-electron chi connectivity index (χ1n) is 13.6. The second kappa shape index (κ2) is 9.15. The molecule has 0 atom stereocenters. The van der Waals surface area contributed by atoms with Crippen molar-refractivity contribution in [1.29, 1.82) is 0 Å². The van der Waals surface area contributed by atoms with Gasteiger partial charge in [0.2, 0.25) is 5.88 Å². The third-order valence-electron chi connectivity index (χ3n) is 8.41. The van der Waals surface area contributed by atoms with Gasteiger partial charge in [0.1, 0.15) is 47.2 Å². The Balaban J connectivity index is 1.41. The number of phenolic OH excluding ortho intramolecular Hbond substituents is 1. The normalized spacial score (nSPS) is 18.1. The van der Waals surface area contributed by atoms with Gasteiger partial charge in [0.05, 0.1) is 12.1 Å². The quantitative estimate of drug-likeness (QED) is 0.362. The topological polar surface area (TPSA) is 92.6 Å².